The summed E-state index contributed by atoms with van der Waals surface area (Å²) >= 11 is 0. The third kappa shape index (κ3) is 5.31. The van der Waals surface area contributed by atoms with E-state index in [0.29, 0.717) is 5.84 Å². The minimum Gasteiger partial charge on any atom is -0.485 e. The minimum absolute atomic E-state index is 0.0364. The molecule has 0 radical (unpaired) electrons. The number of furan rings is 1. The van der Waals surface area contributed by atoms with Crippen LogP contribution in [0.3, 0.4) is 0 Å². The number of ether oxygens (including phenoxy) is 1. The van der Waals surface area contributed by atoms with Crippen LogP contribution in [0.15, 0.2) is 202 Å². The maximum absolute atomic E-state index is 6.44. The summed E-state index contributed by atoms with van der Waals surface area (Å²) in [5.74, 6) is 2.62. The maximum atomic E-state index is 6.44. The van der Waals surface area contributed by atoms with Gasteiger partial charge in [0.2, 0.25) is 0 Å². The van der Waals surface area contributed by atoms with Crippen molar-refractivity contribution in [1.82, 2.24) is 4.90 Å². The summed E-state index contributed by atoms with van der Waals surface area (Å²) < 4.78 is 12.8. The van der Waals surface area contributed by atoms with Crippen molar-refractivity contribution >= 4 is 60.7 Å². The first-order valence-corrected chi connectivity index (χ1v) is 20.2. The molecule has 5 nitrogen and oxygen atoms in total. The molecule has 1 aromatic heterocycles. The third-order valence-corrected chi connectivity index (χ3v) is 12.3. The summed E-state index contributed by atoms with van der Waals surface area (Å²) in [6.07, 6.45) is 6.15. The van der Waals surface area contributed by atoms with E-state index in [2.05, 4.69) is 176 Å². The zero-order valence-electron chi connectivity index (χ0n) is 32.3. The second-order valence-electron chi connectivity index (χ2n) is 15.6. The number of amidine groups is 2. The van der Waals surface area contributed by atoms with Crippen LogP contribution < -0.4 is 4.74 Å². The molecule has 1 aliphatic carbocycles. The number of hydrogen-bond donors (Lipinski definition) is 0. The van der Waals surface area contributed by atoms with Gasteiger partial charge in [-0.1, -0.05) is 164 Å². The van der Waals surface area contributed by atoms with Gasteiger partial charge in [-0.15, -0.1) is 0 Å². The van der Waals surface area contributed by atoms with Gasteiger partial charge in [-0.05, 0) is 68.1 Å². The number of fused-ring (bicyclic) bond motifs is 8. The zero-order valence-corrected chi connectivity index (χ0v) is 32.3. The van der Waals surface area contributed by atoms with E-state index in [0.717, 1.165) is 66.5 Å². The van der Waals surface area contributed by atoms with Crippen molar-refractivity contribution in [2.75, 3.05) is 7.05 Å². The van der Waals surface area contributed by atoms with Crippen LogP contribution in [0.4, 0.5) is 0 Å². The molecule has 0 spiro atoms. The van der Waals surface area contributed by atoms with Crippen molar-refractivity contribution in [2.45, 2.75) is 18.2 Å². The first-order chi connectivity index (χ1) is 29.2. The van der Waals surface area contributed by atoms with Gasteiger partial charge < -0.3 is 14.1 Å². The SMILES string of the molecule is CN1C(c2ccc(-c3cccc4ccccc34)cc2)=NC(c2cccc3c(C4=CC=CC5Oc6ccccc6C45)cccc23)=NC1c1cccc2oc3ccccc3c12. The van der Waals surface area contributed by atoms with E-state index in [4.69, 9.17) is 19.1 Å². The Labute approximate surface area is 341 Å². The van der Waals surface area contributed by atoms with Crippen molar-refractivity contribution < 1.29 is 9.15 Å². The molecular weight excluding hydrogens is 723 g/mol. The molecule has 3 unspecified atom stereocenters. The Bertz CT molecular complexity index is 3290. The van der Waals surface area contributed by atoms with Crippen LogP contribution in [-0.2, 0) is 0 Å². The fourth-order valence-corrected chi connectivity index (χ4v) is 9.61. The van der Waals surface area contributed by atoms with Gasteiger partial charge in [-0.2, -0.15) is 0 Å². The van der Waals surface area contributed by atoms with Crippen LogP contribution in [0.25, 0.3) is 60.2 Å². The van der Waals surface area contributed by atoms with Crippen LogP contribution in [0.5, 0.6) is 5.75 Å². The van der Waals surface area contributed by atoms with Gasteiger partial charge in [0.1, 0.15) is 28.9 Å². The number of para-hydroxylation sites is 2. The highest BCUT2D eigenvalue weighted by Crippen LogP contribution is 2.49. The number of rotatable bonds is 5. The summed E-state index contributed by atoms with van der Waals surface area (Å²) in [5.41, 5.74) is 10.8. The standard InChI is InChI=1S/C54H37N3O2/c1-57-53(35-31-29-34(30-32-35)37-18-8-14-33-13-2-3-15-36(33)37)55-52(56-54(57)45-24-12-28-49-51(45)44-17-5-7-26-47(44)59-49)42-23-10-19-38-39(20-9-21-40(38)42)41-22-11-27-48-50(41)43-16-4-6-25-46(43)58-48/h2-32,48,50,54H,1H3. The van der Waals surface area contributed by atoms with E-state index >= 15 is 0 Å². The lowest BCUT2D eigenvalue weighted by atomic mass is 9.80. The Morgan fingerprint density at radius 3 is 2.08 bits per heavy atom. The molecule has 0 N–H and O–H groups in total. The molecule has 2 aliphatic heterocycles. The Kier molecular flexibility index (Phi) is 7.57. The molecular formula is C54H37N3O2. The Balaban J connectivity index is 1.02. The summed E-state index contributed by atoms with van der Waals surface area (Å²) in [6, 6.07) is 60.0. The predicted octanol–water partition coefficient (Wildman–Crippen LogP) is 12.9. The van der Waals surface area contributed by atoms with Crippen LogP contribution in [-0.4, -0.2) is 29.7 Å². The van der Waals surface area contributed by atoms with Gasteiger partial charge in [0.15, 0.2) is 12.0 Å². The maximum Gasteiger partial charge on any atom is 0.160 e. The molecule has 59 heavy (non-hydrogen) atoms. The average molecular weight is 760 g/mol. The molecule has 12 rings (SSSR count). The average Bonchev–Trinajstić information content (AvgIpc) is 3.88. The molecule has 0 amide bonds. The van der Waals surface area contributed by atoms with E-state index in [1.54, 1.807) is 0 Å². The van der Waals surface area contributed by atoms with Crippen LogP contribution in [0, 0.1) is 0 Å². The van der Waals surface area contributed by atoms with Gasteiger partial charge in [0, 0.05) is 40.1 Å². The Morgan fingerprint density at radius 1 is 0.542 bits per heavy atom. The van der Waals surface area contributed by atoms with Crippen molar-refractivity contribution in [3.05, 3.63) is 216 Å². The first kappa shape index (κ1) is 33.6. The number of benzene rings is 8. The number of allylic oxidation sites excluding steroid dienone is 2. The number of nitrogens with zero attached hydrogens (tertiary/aromatic N) is 3. The lowest BCUT2D eigenvalue weighted by Crippen LogP contribution is -2.35. The zero-order chi connectivity index (χ0) is 39.0. The van der Waals surface area contributed by atoms with Gasteiger partial charge in [0.05, 0.1) is 5.92 Å². The second-order valence-corrected chi connectivity index (χ2v) is 15.6. The molecule has 8 aromatic carbocycles. The lowest BCUT2D eigenvalue weighted by molar-refractivity contribution is 0.271. The second kappa shape index (κ2) is 13.3. The smallest absolute Gasteiger partial charge is 0.160 e. The Morgan fingerprint density at radius 2 is 1.19 bits per heavy atom. The summed E-state index contributed by atoms with van der Waals surface area (Å²) in [5, 5.41) is 6.87. The minimum atomic E-state index is -0.377. The van der Waals surface area contributed by atoms with Crippen molar-refractivity contribution in [1.29, 1.82) is 0 Å². The third-order valence-electron chi connectivity index (χ3n) is 12.3. The van der Waals surface area contributed by atoms with Gasteiger partial charge in [-0.25, -0.2) is 9.98 Å². The normalized spacial score (nSPS) is 18.4. The van der Waals surface area contributed by atoms with E-state index in [1.807, 2.05) is 24.3 Å². The molecule has 9 aromatic rings. The highest BCUT2D eigenvalue weighted by molar-refractivity contribution is 6.19. The highest BCUT2D eigenvalue weighted by Gasteiger charge is 2.37. The topological polar surface area (TPSA) is 50.3 Å². The van der Waals surface area contributed by atoms with E-state index in [-0.39, 0.29) is 18.2 Å². The summed E-state index contributed by atoms with van der Waals surface area (Å²) in [7, 11) is 2.10. The summed E-state index contributed by atoms with van der Waals surface area (Å²) in [6.45, 7) is 0. The van der Waals surface area contributed by atoms with E-state index in [9.17, 15) is 0 Å². The molecule has 5 heteroatoms. The largest absolute Gasteiger partial charge is 0.485 e. The van der Waals surface area contributed by atoms with Gasteiger partial charge >= 0.3 is 0 Å². The van der Waals surface area contributed by atoms with Gasteiger partial charge in [0.25, 0.3) is 0 Å². The first-order valence-electron chi connectivity index (χ1n) is 20.2. The van der Waals surface area contributed by atoms with Crippen LogP contribution >= 0.6 is 0 Å². The predicted molar refractivity (Wildman–Crippen MR) is 241 cm³/mol. The van der Waals surface area contributed by atoms with E-state index in [1.165, 1.54) is 33.0 Å². The lowest BCUT2D eigenvalue weighted by Gasteiger charge is -2.33. The van der Waals surface area contributed by atoms with Crippen molar-refractivity contribution in [3.8, 4) is 16.9 Å². The number of aliphatic imine (C=N–C) groups is 2. The molecule has 280 valence electrons. The quantitative estimate of drug-likeness (QED) is 0.176. The van der Waals surface area contributed by atoms with E-state index < -0.39 is 0 Å². The molecule has 0 saturated carbocycles. The van der Waals surface area contributed by atoms with Crippen LogP contribution in [0.1, 0.15) is 39.9 Å². The molecule has 0 saturated heterocycles. The summed E-state index contributed by atoms with van der Waals surface area (Å²) in [4.78, 5) is 13.2. The fraction of sp³-hybridized carbons (Fsp3) is 0.0741. The molecule has 3 heterocycles. The molecule has 0 bridgehead atoms. The van der Waals surface area contributed by atoms with Gasteiger partial charge in [-0.3, -0.25) is 0 Å². The number of hydrogen-bond acceptors (Lipinski definition) is 5. The fourth-order valence-electron chi connectivity index (χ4n) is 9.61. The Hall–Kier alpha value is -7.50. The van der Waals surface area contributed by atoms with Crippen LogP contribution in [0.2, 0.25) is 0 Å². The molecule has 3 aliphatic rings. The molecule has 3 atom stereocenters. The van der Waals surface area contributed by atoms with Crippen molar-refractivity contribution in [3.63, 3.8) is 0 Å². The molecule has 0 fully saturated rings. The highest BCUT2D eigenvalue weighted by atomic mass is 16.5. The monoisotopic (exact) mass is 759 g/mol. The van der Waals surface area contributed by atoms with Crippen molar-refractivity contribution in [2.24, 2.45) is 9.98 Å².